The second-order valence-electron chi connectivity index (χ2n) is 13.0. The molecular formula is C41H27F4NO2S. The average molecular weight is 674 g/mol. The maximum Gasteiger partial charge on any atom is 0.417 e. The summed E-state index contributed by atoms with van der Waals surface area (Å²) < 4.78 is 58.0. The van der Waals surface area contributed by atoms with Crippen molar-refractivity contribution in [3.05, 3.63) is 153 Å². The van der Waals surface area contributed by atoms with E-state index in [1.54, 1.807) is 67.6 Å². The summed E-state index contributed by atoms with van der Waals surface area (Å²) in [5.41, 5.74) is 3.47. The van der Waals surface area contributed by atoms with Crippen LogP contribution in [0.2, 0.25) is 0 Å². The van der Waals surface area contributed by atoms with E-state index in [0.717, 1.165) is 27.9 Å². The van der Waals surface area contributed by atoms with Crippen LogP contribution in [-0.2, 0) is 11.6 Å². The summed E-state index contributed by atoms with van der Waals surface area (Å²) in [7, 11) is 0. The first-order chi connectivity index (χ1) is 23.3. The Morgan fingerprint density at radius 1 is 0.714 bits per heavy atom. The summed E-state index contributed by atoms with van der Waals surface area (Å²) in [6.45, 7) is 5.66. The van der Waals surface area contributed by atoms with E-state index in [-0.39, 0.29) is 28.5 Å². The summed E-state index contributed by atoms with van der Waals surface area (Å²) in [5.74, 6) is -1.04. The van der Waals surface area contributed by atoms with E-state index in [4.69, 9.17) is 0 Å². The molecule has 5 aromatic carbocycles. The number of alkyl halides is 3. The van der Waals surface area contributed by atoms with Crippen LogP contribution in [0.25, 0.3) is 28.0 Å². The van der Waals surface area contributed by atoms with Crippen molar-refractivity contribution in [3.8, 4) is 11.1 Å². The molecule has 0 unspecified atom stereocenters. The van der Waals surface area contributed by atoms with Crippen LogP contribution in [0.5, 0.6) is 0 Å². The number of anilines is 3. The Morgan fingerprint density at radius 3 is 2.06 bits per heavy atom. The first-order valence-electron chi connectivity index (χ1n) is 15.7. The number of hydrogen-bond donors (Lipinski definition) is 0. The van der Waals surface area contributed by atoms with Crippen molar-refractivity contribution >= 4 is 56.1 Å². The second kappa shape index (κ2) is 10.8. The first kappa shape index (κ1) is 31.0. The standard InChI is InChI=1S/C41H27F4NO2S/c1-22-12-14-25(31(18-22)41(43,44)45)23-13-16-36-32(19-23)40(2,3)33-21-24(20-30-37(47)28-10-6-7-11-29(28)38(30)48)49-39(33)46(36)35-17-15-34(42)26-8-4-5-9-27(26)35/h4-21H,1-3H3. The molecule has 6 aromatic rings. The fourth-order valence-corrected chi connectivity index (χ4v) is 8.40. The van der Waals surface area contributed by atoms with Gasteiger partial charge in [-0.3, -0.25) is 9.59 Å². The zero-order chi connectivity index (χ0) is 34.4. The molecule has 2 aliphatic rings. The number of thiophene rings is 1. The molecule has 0 fully saturated rings. The number of hydrogen-bond acceptors (Lipinski definition) is 4. The normalized spacial score (nSPS) is 15.0. The molecule has 1 aliphatic heterocycles. The van der Waals surface area contributed by atoms with Gasteiger partial charge in [0.1, 0.15) is 10.8 Å². The number of carbonyl (C=O) groups is 2. The number of ketones is 2. The lowest BCUT2D eigenvalue weighted by molar-refractivity contribution is -0.137. The molecule has 0 radical (unpaired) electrons. The molecule has 8 heteroatoms. The molecule has 0 spiro atoms. The lowest BCUT2D eigenvalue weighted by Crippen LogP contribution is -2.29. The van der Waals surface area contributed by atoms with Gasteiger partial charge >= 0.3 is 6.18 Å². The van der Waals surface area contributed by atoms with E-state index in [1.807, 2.05) is 49.1 Å². The van der Waals surface area contributed by atoms with Crippen LogP contribution >= 0.6 is 11.3 Å². The maximum absolute atomic E-state index is 15.1. The van der Waals surface area contributed by atoms with Crippen molar-refractivity contribution < 1.29 is 27.2 Å². The number of Topliss-reactive ketones (excluding diaryl/α,β-unsaturated/α-hetero) is 2. The Balaban J connectivity index is 1.36. The number of halogens is 4. The van der Waals surface area contributed by atoms with Crippen LogP contribution < -0.4 is 4.90 Å². The van der Waals surface area contributed by atoms with Gasteiger partial charge < -0.3 is 4.90 Å². The highest BCUT2D eigenvalue weighted by Crippen LogP contribution is 2.57. The van der Waals surface area contributed by atoms with Gasteiger partial charge in [-0.25, -0.2) is 4.39 Å². The summed E-state index contributed by atoms with van der Waals surface area (Å²) in [5, 5.41) is 1.89. The first-order valence-corrected chi connectivity index (χ1v) is 16.5. The molecule has 0 bridgehead atoms. The Labute approximate surface area is 283 Å². The van der Waals surface area contributed by atoms with E-state index >= 15 is 4.39 Å². The minimum Gasteiger partial charge on any atom is -0.301 e. The summed E-state index contributed by atoms with van der Waals surface area (Å²) in [6, 6.07) is 28.6. The largest absolute Gasteiger partial charge is 0.417 e. The molecule has 0 atom stereocenters. The van der Waals surface area contributed by atoms with Crippen molar-refractivity contribution in [1.29, 1.82) is 0 Å². The fraction of sp³-hybridized carbons (Fsp3) is 0.122. The summed E-state index contributed by atoms with van der Waals surface area (Å²) in [6.07, 6.45) is -2.92. The predicted molar refractivity (Wildman–Crippen MR) is 187 cm³/mol. The topological polar surface area (TPSA) is 37.4 Å². The van der Waals surface area contributed by atoms with Crippen LogP contribution in [0.3, 0.4) is 0 Å². The minimum atomic E-state index is -4.55. The van der Waals surface area contributed by atoms with Crippen molar-refractivity contribution in [1.82, 2.24) is 0 Å². The number of carbonyl (C=O) groups excluding carboxylic acids is 2. The molecule has 1 aliphatic carbocycles. The molecule has 0 saturated heterocycles. The summed E-state index contributed by atoms with van der Waals surface area (Å²) in [4.78, 5) is 29.3. The molecule has 242 valence electrons. The van der Waals surface area contributed by atoms with E-state index in [2.05, 4.69) is 0 Å². The molecule has 0 N–H and O–H groups in total. The van der Waals surface area contributed by atoms with Gasteiger partial charge in [0.25, 0.3) is 0 Å². The highest BCUT2D eigenvalue weighted by Gasteiger charge is 2.41. The van der Waals surface area contributed by atoms with Crippen LogP contribution in [0, 0.1) is 12.7 Å². The molecule has 49 heavy (non-hydrogen) atoms. The van der Waals surface area contributed by atoms with Crippen molar-refractivity contribution in [2.75, 3.05) is 4.90 Å². The van der Waals surface area contributed by atoms with Gasteiger partial charge in [0, 0.05) is 32.2 Å². The number of aryl methyl sites for hydroxylation is 1. The van der Waals surface area contributed by atoms with Gasteiger partial charge in [-0.2, -0.15) is 13.2 Å². The van der Waals surface area contributed by atoms with Gasteiger partial charge in [-0.05, 0) is 71.7 Å². The van der Waals surface area contributed by atoms with Crippen LogP contribution in [0.4, 0.5) is 33.9 Å². The lowest BCUT2D eigenvalue weighted by Gasteiger charge is -2.40. The third-order valence-electron chi connectivity index (χ3n) is 9.59. The van der Waals surface area contributed by atoms with E-state index in [0.29, 0.717) is 43.6 Å². The van der Waals surface area contributed by atoms with Gasteiger partial charge in [-0.1, -0.05) is 86.1 Å². The fourth-order valence-electron chi connectivity index (χ4n) is 7.11. The highest BCUT2D eigenvalue weighted by atomic mass is 32.1. The van der Waals surface area contributed by atoms with Gasteiger partial charge in [0.2, 0.25) is 0 Å². The molecule has 2 heterocycles. The summed E-state index contributed by atoms with van der Waals surface area (Å²) >= 11 is 1.40. The zero-order valence-corrected chi connectivity index (χ0v) is 27.4. The van der Waals surface area contributed by atoms with Gasteiger partial charge in [-0.15, -0.1) is 11.3 Å². The third kappa shape index (κ3) is 4.76. The lowest BCUT2D eigenvalue weighted by atomic mass is 9.74. The van der Waals surface area contributed by atoms with Crippen molar-refractivity contribution in [2.45, 2.75) is 32.4 Å². The minimum absolute atomic E-state index is 0.0786. The third-order valence-corrected chi connectivity index (χ3v) is 10.7. The quantitative estimate of drug-likeness (QED) is 0.107. The SMILES string of the molecule is Cc1ccc(-c2ccc3c(c2)C(C)(C)c2cc(C=C4C(=O)c5ccccc5C4=O)sc2N3c2ccc(F)c3ccccc23)c(C(F)(F)F)c1. The smallest absolute Gasteiger partial charge is 0.301 e. The molecule has 8 rings (SSSR count). The van der Waals surface area contributed by atoms with Crippen LogP contribution in [-0.4, -0.2) is 11.6 Å². The zero-order valence-electron chi connectivity index (χ0n) is 26.6. The molecule has 1 aromatic heterocycles. The second-order valence-corrected chi connectivity index (χ2v) is 14.0. The van der Waals surface area contributed by atoms with Gasteiger partial charge in [0.05, 0.1) is 22.5 Å². The number of rotatable bonds is 3. The monoisotopic (exact) mass is 673 g/mol. The van der Waals surface area contributed by atoms with E-state index in [9.17, 15) is 22.8 Å². The van der Waals surface area contributed by atoms with Crippen molar-refractivity contribution in [2.24, 2.45) is 0 Å². The molecular weight excluding hydrogens is 647 g/mol. The predicted octanol–water partition coefficient (Wildman–Crippen LogP) is 11.6. The van der Waals surface area contributed by atoms with E-state index < -0.39 is 17.2 Å². The highest BCUT2D eigenvalue weighted by molar-refractivity contribution is 7.17. The number of fused-ring (bicyclic) bond motifs is 4. The Kier molecular flexibility index (Phi) is 6.85. The number of nitrogens with zero attached hydrogens (tertiary/aromatic N) is 1. The van der Waals surface area contributed by atoms with E-state index in [1.165, 1.54) is 23.5 Å². The number of allylic oxidation sites excluding steroid dienone is 1. The van der Waals surface area contributed by atoms with Crippen LogP contribution in [0.1, 0.15) is 61.7 Å². The van der Waals surface area contributed by atoms with Gasteiger partial charge in [0.15, 0.2) is 11.6 Å². The Hall–Kier alpha value is -5.34. The number of benzene rings is 5. The average Bonchev–Trinajstić information content (AvgIpc) is 3.61. The van der Waals surface area contributed by atoms with Crippen molar-refractivity contribution in [3.63, 3.8) is 0 Å². The Morgan fingerprint density at radius 2 is 1.37 bits per heavy atom. The molecule has 0 saturated carbocycles. The molecule has 3 nitrogen and oxygen atoms in total. The Bertz CT molecular complexity index is 2400. The molecule has 0 amide bonds. The maximum atomic E-state index is 15.1. The van der Waals surface area contributed by atoms with Crippen LogP contribution in [0.15, 0.2) is 109 Å².